The van der Waals surface area contributed by atoms with Crippen molar-refractivity contribution in [1.29, 1.82) is 0 Å². The number of anilines is 1. The zero-order valence-electron chi connectivity index (χ0n) is 16.8. The summed E-state index contributed by atoms with van der Waals surface area (Å²) in [6.07, 6.45) is 1.00. The van der Waals surface area contributed by atoms with Crippen LogP contribution < -0.4 is 10.2 Å². The van der Waals surface area contributed by atoms with E-state index in [1.54, 1.807) is 4.90 Å². The van der Waals surface area contributed by atoms with Gasteiger partial charge in [-0.15, -0.1) is 0 Å². The van der Waals surface area contributed by atoms with E-state index in [2.05, 4.69) is 35.9 Å². The molecule has 1 atom stereocenters. The number of piperazine rings is 1. The summed E-state index contributed by atoms with van der Waals surface area (Å²) >= 11 is 0. The Labute approximate surface area is 162 Å². The van der Waals surface area contributed by atoms with Crippen molar-refractivity contribution < 1.29 is 9.59 Å². The molecule has 2 heterocycles. The first-order valence-corrected chi connectivity index (χ1v) is 10.0. The lowest BCUT2D eigenvalue weighted by atomic mass is 10.0. The fourth-order valence-corrected chi connectivity index (χ4v) is 4.05. The van der Waals surface area contributed by atoms with E-state index in [1.807, 2.05) is 30.3 Å². The van der Waals surface area contributed by atoms with Crippen molar-refractivity contribution in [3.8, 4) is 0 Å². The maximum absolute atomic E-state index is 12.9. The van der Waals surface area contributed by atoms with E-state index in [1.165, 1.54) is 0 Å². The third kappa shape index (κ3) is 4.50. The minimum absolute atomic E-state index is 0.0243. The van der Waals surface area contributed by atoms with E-state index >= 15 is 0 Å². The van der Waals surface area contributed by atoms with Gasteiger partial charge in [0.25, 0.3) is 0 Å². The summed E-state index contributed by atoms with van der Waals surface area (Å²) in [6.45, 7) is 12.4. The van der Waals surface area contributed by atoms with Gasteiger partial charge in [0.15, 0.2) is 0 Å². The van der Waals surface area contributed by atoms with Gasteiger partial charge in [0, 0.05) is 50.4 Å². The second-order valence-electron chi connectivity index (χ2n) is 8.11. The Balaban J connectivity index is 1.59. The number of carbonyl (C=O) groups excluding carboxylic acids is 2. The number of nitrogens with one attached hydrogen (secondary N) is 1. The molecule has 1 aromatic rings. The smallest absolute Gasteiger partial charge is 0.243 e. The van der Waals surface area contributed by atoms with Crippen molar-refractivity contribution in [2.75, 3.05) is 44.2 Å². The molecule has 2 amide bonds. The first kappa shape index (κ1) is 19.8. The molecule has 2 saturated heterocycles. The third-order valence-electron chi connectivity index (χ3n) is 5.92. The van der Waals surface area contributed by atoms with Crippen LogP contribution in [0.1, 0.15) is 33.6 Å². The number of carbonyl (C=O) groups is 2. The van der Waals surface area contributed by atoms with Crippen LogP contribution in [0.15, 0.2) is 30.3 Å². The number of likely N-dealkylation sites (N-methyl/N-ethyl adjacent to an activating group) is 1. The van der Waals surface area contributed by atoms with Gasteiger partial charge in [-0.3, -0.25) is 19.4 Å². The molecular formula is C21H32N4O2. The summed E-state index contributed by atoms with van der Waals surface area (Å²) in [6, 6.07) is 9.08. The minimum atomic E-state index is -0.410. The molecule has 1 N–H and O–H groups in total. The highest BCUT2D eigenvalue weighted by atomic mass is 16.2. The summed E-state index contributed by atoms with van der Waals surface area (Å²) in [5.41, 5.74) is 0.700. The average Bonchev–Trinajstić information content (AvgIpc) is 3.08. The lowest BCUT2D eigenvalue weighted by Crippen LogP contribution is -2.59. The highest BCUT2D eigenvalue weighted by molar-refractivity contribution is 6.03. The molecule has 6 heteroatoms. The standard InChI is InChI=1S/C21H32N4O2/c1-4-23-12-14-24(15-13-23)21(2,3)16-22-20(27)18-10-11-19(26)25(18)17-8-6-5-7-9-17/h5-9,18H,4,10-16H2,1-3H3,(H,22,27). The topological polar surface area (TPSA) is 55.9 Å². The number of para-hydroxylation sites is 1. The predicted octanol–water partition coefficient (Wildman–Crippen LogP) is 1.71. The van der Waals surface area contributed by atoms with Crippen LogP contribution in [0.4, 0.5) is 5.69 Å². The van der Waals surface area contributed by atoms with Gasteiger partial charge in [-0.1, -0.05) is 25.1 Å². The van der Waals surface area contributed by atoms with Crippen LogP contribution >= 0.6 is 0 Å². The number of amides is 2. The highest BCUT2D eigenvalue weighted by Gasteiger charge is 2.38. The van der Waals surface area contributed by atoms with Crippen LogP contribution in [0.2, 0.25) is 0 Å². The van der Waals surface area contributed by atoms with Crippen molar-refractivity contribution >= 4 is 17.5 Å². The van der Waals surface area contributed by atoms with E-state index < -0.39 is 6.04 Å². The van der Waals surface area contributed by atoms with Gasteiger partial charge >= 0.3 is 0 Å². The normalized spacial score (nSPS) is 22.3. The summed E-state index contributed by atoms with van der Waals surface area (Å²) in [4.78, 5) is 31.8. The van der Waals surface area contributed by atoms with Gasteiger partial charge in [0.1, 0.15) is 6.04 Å². The molecule has 1 aromatic carbocycles. The van der Waals surface area contributed by atoms with Crippen LogP contribution in [-0.2, 0) is 9.59 Å². The zero-order chi connectivity index (χ0) is 19.4. The fraction of sp³-hybridized carbons (Fsp3) is 0.619. The Morgan fingerprint density at radius 1 is 1.15 bits per heavy atom. The second-order valence-corrected chi connectivity index (χ2v) is 8.11. The SMILES string of the molecule is CCN1CCN(C(C)(C)CNC(=O)C2CCC(=O)N2c2ccccc2)CC1. The first-order valence-electron chi connectivity index (χ1n) is 10.0. The lowest BCUT2D eigenvalue weighted by molar-refractivity contribution is -0.124. The van der Waals surface area contributed by atoms with Crippen LogP contribution in [0.3, 0.4) is 0 Å². The monoisotopic (exact) mass is 372 g/mol. The van der Waals surface area contributed by atoms with Crippen molar-refractivity contribution in [3.63, 3.8) is 0 Å². The Hall–Kier alpha value is -1.92. The van der Waals surface area contributed by atoms with Gasteiger partial charge in [-0.05, 0) is 38.9 Å². The molecule has 3 rings (SSSR count). The van der Waals surface area contributed by atoms with E-state index in [4.69, 9.17) is 0 Å². The van der Waals surface area contributed by atoms with Crippen LogP contribution in [-0.4, -0.2) is 72.5 Å². The molecule has 2 aliphatic rings. The van der Waals surface area contributed by atoms with Gasteiger partial charge < -0.3 is 10.2 Å². The number of hydrogen-bond acceptors (Lipinski definition) is 4. The van der Waals surface area contributed by atoms with Crippen LogP contribution in [0, 0.1) is 0 Å². The zero-order valence-corrected chi connectivity index (χ0v) is 16.8. The van der Waals surface area contributed by atoms with E-state index in [9.17, 15) is 9.59 Å². The summed E-state index contributed by atoms with van der Waals surface area (Å²) < 4.78 is 0. The molecule has 148 valence electrons. The molecule has 2 aliphatic heterocycles. The Morgan fingerprint density at radius 2 is 1.81 bits per heavy atom. The molecule has 27 heavy (non-hydrogen) atoms. The van der Waals surface area contributed by atoms with Crippen molar-refractivity contribution in [3.05, 3.63) is 30.3 Å². The van der Waals surface area contributed by atoms with Crippen molar-refractivity contribution in [2.24, 2.45) is 0 Å². The van der Waals surface area contributed by atoms with Gasteiger partial charge in [0.05, 0.1) is 0 Å². The molecule has 0 bridgehead atoms. The summed E-state index contributed by atoms with van der Waals surface area (Å²) in [5, 5.41) is 3.12. The Morgan fingerprint density at radius 3 is 2.44 bits per heavy atom. The van der Waals surface area contributed by atoms with Gasteiger partial charge in [-0.2, -0.15) is 0 Å². The molecule has 2 fully saturated rings. The summed E-state index contributed by atoms with van der Waals surface area (Å²) in [7, 11) is 0. The molecule has 0 radical (unpaired) electrons. The summed E-state index contributed by atoms with van der Waals surface area (Å²) in [5.74, 6) is -0.0266. The number of benzene rings is 1. The highest BCUT2D eigenvalue weighted by Crippen LogP contribution is 2.26. The number of rotatable bonds is 6. The Kier molecular flexibility index (Phi) is 6.17. The van der Waals surface area contributed by atoms with E-state index in [0.717, 1.165) is 38.4 Å². The Bertz CT molecular complexity index is 653. The van der Waals surface area contributed by atoms with Crippen molar-refractivity contribution in [2.45, 2.75) is 45.2 Å². The predicted molar refractivity (Wildman–Crippen MR) is 108 cm³/mol. The maximum Gasteiger partial charge on any atom is 0.243 e. The quantitative estimate of drug-likeness (QED) is 0.826. The third-order valence-corrected chi connectivity index (χ3v) is 5.92. The molecule has 1 unspecified atom stereocenters. The second kappa shape index (κ2) is 8.40. The van der Waals surface area contributed by atoms with Gasteiger partial charge in [0.2, 0.25) is 11.8 Å². The molecule has 0 spiro atoms. The van der Waals surface area contributed by atoms with Crippen molar-refractivity contribution in [1.82, 2.24) is 15.1 Å². The lowest BCUT2D eigenvalue weighted by Gasteiger charge is -2.44. The number of hydrogen-bond donors (Lipinski definition) is 1. The molecule has 0 aromatic heterocycles. The average molecular weight is 373 g/mol. The van der Waals surface area contributed by atoms with E-state index in [-0.39, 0.29) is 17.4 Å². The molecule has 6 nitrogen and oxygen atoms in total. The fourth-order valence-electron chi connectivity index (χ4n) is 4.05. The number of nitrogens with zero attached hydrogens (tertiary/aromatic N) is 3. The van der Waals surface area contributed by atoms with Gasteiger partial charge in [-0.25, -0.2) is 0 Å². The maximum atomic E-state index is 12.9. The van der Waals surface area contributed by atoms with Crippen LogP contribution in [0.5, 0.6) is 0 Å². The molecule has 0 saturated carbocycles. The molecular weight excluding hydrogens is 340 g/mol. The minimum Gasteiger partial charge on any atom is -0.352 e. The first-order chi connectivity index (χ1) is 12.9. The molecule has 0 aliphatic carbocycles. The van der Waals surface area contributed by atoms with Crippen LogP contribution in [0.25, 0.3) is 0 Å². The van der Waals surface area contributed by atoms with E-state index in [0.29, 0.717) is 19.4 Å². The largest absolute Gasteiger partial charge is 0.352 e.